The van der Waals surface area contributed by atoms with Crippen molar-refractivity contribution in [3.63, 3.8) is 0 Å². The Labute approximate surface area is 162 Å². The van der Waals surface area contributed by atoms with E-state index in [1.807, 2.05) is 35.2 Å². The zero-order valence-corrected chi connectivity index (χ0v) is 15.4. The fraction of sp³-hybridized carbons (Fsp3) is 0.333. The molecule has 2 saturated heterocycles. The number of hydrogen-bond donors (Lipinski definition) is 3. The number of nitrogens with one attached hydrogen (secondary N) is 3. The molecular formula is C21H22FN5O. The van der Waals surface area contributed by atoms with E-state index in [1.165, 1.54) is 12.1 Å². The molecule has 6 nitrogen and oxygen atoms in total. The van der Waals surface area contributed by atoms with Crippen LogP contribution in [0.15, 0.2) is 48.5 Å². The van der Waals surface area contributed by atoms with E-state index in [4.69, 9.17) is 0 Å². The van der Waals surface area contributed by atoms with Crippen LogP contribution in [0, 0.1) is 11.7 Å². The van der Waals surface area contributed by atoms with Crippen molar-refractivity contribution in [3.05, 3.63) is 65.7 Å². The summed E-state index contributed by atoms with van der Waals surface area (Å²) < 4.78 is 13.5. The first-order valence-electron chi connectivity index (χ1n) is 9.70. The van der Waals surface area contributed by atoms with Crippen molar-refractivity contribution < 1.29 is 9.18 Å². The highest BCUT2D eigenvalue weighted by Crippen LogP contribution is 2.35. The Kier molecular flexibility index (Phi) is 4.33. The smallest absolute Gasteiger partial charge is 0.229 e. The van der Waals surface area contributed by atoms with Crippen molar-refractivity contribution in [1.82, 2.24) is 25.7 Å². The fourth-order valence-electron chi connectivity index (χ4n) is 4.39. The highest BCUT2D eigenvalue weighted by molar-refractivity contribution is 5.81. The van der Waals surface area contributed by atoms with Crippen LogP contribution >= 0.6 is 0 Å². The maximum Gasteiger partial charge on any atom is 0.229 e. The number of H-pyrrole nitrogens is 1. The number of nitrogens with zero attached hydrogens (tertiary/aromatic N) is 2. The van der Waals surface area contributed by atoms with Crippen molar-refractivity contribution in [1.29, 1.82) is 0 Å². The predicted molar refractivity (Wildman–Crippen MR) is 104 cm³/mol. The van der Waals surface area contributed by atoms with Gasteiger partial charge in [0.05, 0.1) is 29.0 Å². The average molecular weight is 379 g/mol. The average Bonchev–Trinajstić information content (AvgIpc) is 3.45. The number of amides is 1. The molecule has 0 spiro atoms. The van der Waals surface area contributed by atoms with Gasteiger partial charge >= 0.3 is 0 Å². The normalized spacial score (nSPS) is 24.9. The number of aromatic amines is 1. The van der Waals surface area contributed by atoms with Crippen molar-refractivity contribution in [2.45, 2.75) is 24.9 Å². The van der Waals surface area contributed by atoms with Crippen molar-refractivity contribution in [2.24, 2.45) is 5.92 Å². The number of imidazole rings is 1. The predicted octanol–water partition coefficient (Wildman–Crippen LogP) is 2.83. The van der Waals surface area contributed by atoms with Crippen LogP contribution in [0.1, 0.15) is 36.3 Å². The second-order valence-corrected chi connectivity index (χ2v) is 7.49. The number of rotatable bonds is 3. The van der Waals surface area contributed by atoms with E-state index in [-0.39, 0.29) is 29.7 Å². The number of fused-ring (bicyclic) bond motifs is 1. The van der Waals surface area contributed by atoms with Crippen LogP contribution in [-0.4, -0.2) is 33.9 Å². The van der Waals surface area contributed by atoms with Crippen molar-refractivity contribution in [2.75, 3.05) is 13.1 Å². The standard InChI is InChI=1S/C21H22FN5O/c22-14-8-9-16-17(11-14)25-20(24-16)18-7-4-10-27(18)21(28)15-12-23-26-19(15)13-5-2-1-3-6-13/h1-3,5-6,8-9,11,15,18-19,23,26H,4,7,10,12H2,(H,24,25). The quantitative estimate of drug-likeness (QED) is 0.654. The number of benzene rings is 2. The molecule has 1 amide bonds. The molecule has 3 N–H and O–H groups in total. The number of hydrazine groups is 1. The van der Waals surface area contributed by atoms with E-state index < -0.39 is 0 Å². The van der Waals surface area contributed by atoms with Gasteiger partial charge in [-0.1, -0.05) is 30.3 Å². The number of carbonyl (C=O) groups excluding carboxylic acids is 1. The van der Waals surface area contributed by atoms with Crippen LogP contribution in [0.5, 0.6) is 0 Å². The molecule has 0 aliphatic carbocycles. The summed E-state index contributed by atoms with van der Waals surface area (Å²) in [6, 6.07) is 14.4. The van der Waals surface area contributed by atoms with Gasteiger partial charge in [-0.05, 0) is 36.6 Å². The summed E-state index contributed by atoms with van der Waals surface area (Å²) in [5, 5.41) is 0. The van der Waals surface area contributed by atoms with Gasteiger partial charge in [0.15, 0.2) is 0 Å². The van der Waals surface area contributed by atoms with Crippen molar-refractivity contribution >= 4 is 16.9 Å². The summed E-state index contributed by atoms with van der Waals surface area (Å²) in [6.07, 6.45) is 1.79. The van der Waals surface area contributed by atoms with Gasteiger partial charge in [0, 0.05) is 13.1 Å². The third-order valence-corrected chi connectivity index (χ3v) is 5.77. The molecule has 3 heterocycles. The number of carbonyl (C=O) groups is 1. The molecule has 2 fully saturated rings. The van der Waals surface area contributed by atoms with Gasteiger partial charge in [0.25, 0.3) is 0 Å². The SMILES string of the molecule is O=C(C1CNNC1c1ccccc1)N1CCCC1c1nc2ccc(F)cc2[nH]1. The molecule has 2 aliphatic heterocycles. The summed E-state index contributed by atoms with van der Waals surface area (Å²) in [5.74, 6) is 0.391. The van der Waals surface area contributed by atoms with Crippen LogP contribution in [0.2, 0.25) is 0 Å². The molecule has 0 radical (unpaired) electrons. The fourth-order valence-corrected chi connectivity index (χ4v) is 4.39. The maximum absolute atomic E-state index is 13.5. The topological polar surface area (TPSA) is 73.1 Å². The van der Waals surface area contributed by atoms with Gasteiger partial charge in [0.1, 0.15) is 11.6 Å². The van der Waals surface area contributed by atoms with Crippen molar-refractivity contribution in [3.8, 4) is 0 Å². The molecule has 2 aliphatic rings. The summed E-state index contributed by atoms with van der Waals surface area (Å²) in [7, 11) is 0. The molecule has 7 heteroatoms. The first-order chi connectivity index (χ1) is 13.7. The monoisotopic (exact) mass is 379 g/mol. The molecule has 3 atom stereocenters. The minimum absolute atomic E-state index is 0.0558. The zero-order valence-electron chi connectivity index (χ0n) is 15.4. The lowest BCUT2D eigenvalue weighted by Gasteiger charge is -2.28. The Morgan fingerprint density at radius 2 is 2.04 bits per heavy atom. The van der Waals surface area contributed by atoms with Crippen LogP contribution in [0.4, 0.5) is 4.39 Å². The molecule has 0 bridgehead atoms. The summed E-state index contributed by atoms with van der Waals surface area (Å²) in [5.41, 5.74) is 8.88. The molecule has 28 heavy (non-hydrogen) atoms. The first-order valence-corrected chi connectivity index (χ1v) is 9.70. The number of halogens is 1. The van der Waals surface area contributed by atoms with E-state index in [0.29, 0.717) is 18.6 Å². The van der Waals surface area contributed by atoms with E-state index in [2.05, 4.69) is 20.8 Å². The summed E-state index contributed by atoms with van der Waals surface area (Å²) in [6.45, 7) is 1.31. The Morgan fingerprint density at radius 3 is 2.89 bits per heavy atom. The Bertz CT molecular complexity index is 1000. The summed E-state index contributed by atoms with van der Waals surface area (Å²) in [4.78, 5) is 23.2. The highest BCUT2D eigenvalue weighted by atomic mass is 19.1. The molecular weight excluding hydrogens is 357 g/mol. The Morgan fingerprint density at radius 1 is 1.18 bits per heavy atom. The molecule has 5 rings (SSSR count). The van der Waals surface area contributed by atoms with Gasteiger partial charge in [-0.3, -0.25) is 10.2 Å². The number of likely N-dealkylation sites (tertiary alicyclic amines) is 1. The molecule has 1 aromatic heterocycles. The third kappa shape index (κ3) is 2.96. The molecule has 3 unspecified atom stereocenters. The van der Waals surface area contributed by atoms with Gasteiger partial charge < -0.3 is 9.88 Å². The van der Waals surface area contributed by atoms with E-state index in [1.54, 1.807) is 6.07 Å². The van der Waals surface area contributed by atoms with Crippen LogP contribution in [0.3, 0.4) is 0 Å². The molecule has 2 aromatic carbocycles. The van der Waals surface area contributed by atoms with Crippen LogP contribution in [-0.2, 0) is 4.79 Å². The minimum atomic E-state index is -0.295. The lowest BCUT2D eigenvalue weighted by Crippen LogP contribution is -2.39. The van der Waals surface area contributed by atoms with Crippen LogP contribution < -0.4 is 10.9 Å². The second kappa shape index (κ2) is 7.00. The first kappa shape index (κ1) is 17.3. The highest BCUT2D eigenvalue weighted by Gasteiger charge is 2.41. The van der Waals surface area contributed by atoms with Gasteiger partial charge in [-0.15, -0.1) is 0 Å². The lowest BCUT2D eigenvalue weighted by molar-refractivity contribution is -0.136. The van der Waals surface area contributed by atoms with E-state index in [9.17, 15) is 9.18 Å². The Hall–Kier alpha value is -2.77. The minimum Gasteiger partial charge on any atom is -0.340 e. The molecule has 144 valence electrons. The number of aromatic nitrogens is 2. The third-order valence-electron chi connectivity index (χ3n) is 5.77. The Balaban J connectivity index is 1.42. The second-order valence-electron chi connectivity index (χ2n) is 7.49. The maximum atomic E-state index is 13.5. The van der Waals surface area contributed by atoms with E-state index >= 15 is 0 Å². The lowest BCUT2D eigenvalue weighted by atomic mass is 9.93. The van der Waals surface area contributed by atoms with Crippen LogP contribution in [0.25, 0.3) is 11.0 Å². The largest absolute Gasteiger partial charge is 0.340 e. The van der Waals surface area contributed by atoms with Gasteiger partial charge in [-0.2, -0.15) is 0 Å². The van der Waals surface area contributed by atoms with Gasteiger partial charge in [0.2, 0.25) is 5.91 Å². The molecule has 0 saturated carbocycles. The summed E-state index contributed by atoms with van der Waals surface area (Å²) >= 11 is 0. The number of hydrogen-bond acceptors (Lipinski definition) is 4. The molecule has 3 aromatic rings. The van der Waals surface area contributed by atoms with E-state index in [0.717, 1.165) is 29.7 Å². The van der Waals surface area contributed by atoms with Gasteiger partial charge in [-0.25, -0.2) is 14.8 Å². The zero-order chi connectivity index (χ0) is 19.1.